The van der Waals surface area contributed by atoms with Gasteiger partial charge in [0.1, 0.15) is 23.7 Å². The standard InChI is InChI=1S/C23H29NO2/c1-17-16-24(2)14-6-9-21(17)25-20-12-10-19-11-13-22(26-23(19)15-20)18-7-4-3-5-8-18/h3-5,7-8,10,12,15,17,21-22H,6,9,11,13-14,16H2,1-2H3. The molecule has 2 aromatic rings. The lowest BCUT2D eigenvalue weighted by Crippen LogP contribution is -2.30. The molecule has 0 saturated carbocycles. The molecule has 0 spiro atoms. The van der Waals surface area contributed by atoms with Crippen LogP contribution < -0.4 is 9.47 Å². The third-order valence-corrected chi connectivity index (χ3v) is 5.71. The first-order chi connectivity index (χ1) is 12.7. The van der Waals surface area contributed by atoms with Gasteiger partial charge in [-0.25, -0.2) is 0 Å². The van der Waals surface area contributed by atoms with Crippen molar-refractivity contribution in [2.75, 3.05) is 20.1 Å². The third kappa shape index (κ3) is 3.88. The first-order valence-electron chi connectivity index (χ1n) is 9.89. The number of ether oxygens (including phenoxy) is 2. The van der Waals surface area contributed by atoms with Crippen LogP contribution in [0.5, 0.6) is 11.5 Å². The van der Waals surface area contributed by atoms with Crippen molar-refractivity contribution in [1.82, 2.24) is 4.90 Å². The average molecular weight is 351 g/mol. The number of fused-ring (bicyclic) bond motifs is 1. The molecule has 3 atom stereocenters. The van der Waals surface area contributed by atoms with Crippen molar-refractivity contribution >= 4 is 0 Å². The summed E-state index contributed by atoms with van der Waals surface area (Å²) in [5.74, 6) is 2.47. The minimum atomic E-state index is 0.143. The fourth-order valence-electron chi connectivity index (χ4n) is 4.22. The van der Waals surface area contributed by atoms with Gasteiger partial charge in [-0.2, -0.15) is 0 Å². The summed E-state index contributed by atoms with van der Waals surface area (Å²) in [6, 6.07) is 16.9. The summed E-state index contributed by atoms with van der Waals surface area (Å²) in [5.41, 5.74) is 2.54. The zero-order valence-electron chi connectivity index (χ0n) is 15.9. The number of rotatable bonds is 3. The minimum Gasteiger partial charge on any atom is -0.490 e. The molecule has 0 aromatic heterocycles. The van der Waals surface area contributed by atoms with Gasteiger partial charge in [0.15, 0.2) is 0 Å². The van der Waals surface area contributed by atoms with Gasteiger partial charge in [0.2, 0.25) is 0 Å². The van der Waals surface area contributed by atoms with Crippen LogP contribution in [0.15, 0.2) is 48.5 Å². The number of likely N-dealkylation sites (tertiary alicyclic amines) is 1. The molecular weight excluding hydrogens is 322 g/mol. The number of benzene rings is 2. The van der Waals surface area contributed by atoms with Crippen LogP contribution in [0.3, 0.4) is 0 Å². The Bertz CT molecular complexity index is 730. The van der Waals surface area contributed by atoms with E-state index in [1.54, 1.807) is 0 Å². The van der Waals surface area contributed by atoms with Crippen molar-refractivity contribution in [2.45, 2.75) is 44.8 Å². The van der Waals surface area contributed by atoms with Crippen molar-refractivity contribution in [2.24, 2.45) is 5.92 Å². The van der Waals surface area contributed by atoms with E-state index in [1.165, 1.54) is 17.5 Å². The van der Waals surface area contributed by atoms with E-state index in [4.69, 9.17) is 9.47 Å². The second-order valence-corrected chi connectivity index (χ2v) is 7.86. The van der Waals surface area contributed by atoms with Gasteiger partial charge in [0.25, 0.3) is 0 Å². The maximum Gasteiger partial charge on any atom is 0.127 e. The summed E-state index contributed by atoms with van der Waals surface area (Å²) in [5, 5.41) is 0. The van der Waals surface area contributed by atoms with Crippen LogP contribution in [0.4, 0.5) is 0 Å². The van der Waals surface area contributed by atoms with E-state index in [9.17, 15) is 0 Å². The molecule has 3 nitrogen and oxygen atoms in total. The summed E-state index contributed by atoms with van der Waals surface area (Å²) >= 11 is 0. The van der Waals surface area contributed by atoms with Crippen LogP contribution >= 0.6 is 0 Å². The summed E-state index contributed by atoms with van der Waals surface area (Å²) in [7, 11) is 2.20. The maximum atomic E-state index is 6.40. The van der Waals surface area contributed by atoms with Crippen molar-refractivity contribution in [1.29, 1.82) is 0 Å². The van der Waals surface area contributed by atoms with E-state index >= 15 is 0 Å². The van der Waals surface area contributed by atoms with Gasteiger partial charge in [0.05, 0.1) is 0 Å². The van der Waals surface area contributed by atoms with E-state index in [2.05, 4.69) is 67.4 Å². The van der Waals surface area contributed by atoms with E-state index < -0.39 is 0 Å². The molecule has 1 fully saturated rings. The van der Waals surface area contributed by atoms with Gasteiger partial charge in [-0.05, 0) is 56.5 Å². The van der Waals surface area contributed by atoms with Crippen LogP contribution in [0.1, 0.15) is 43.4 Å². The fourth-order valence-corrected chi connectivity index (χ4v) is 4.22. The molecule has 138 valence electrons. The topological polar surface area (TPSA) is 21.7 Å². The van der Waals surface area contributed by atoms with Gasteiger partial charge in [-0.15, -0.1) is 0 Å². The van der Waals surface area contributed by atoms with Crippen molar-refractivity contribution < 1.29 is 9.47 Å². The average Bonchev–Trinajstić information content (AvgIpc) is 2.82. The zero-order valence-corrected chi connectivity index (χ0v) is 15.9. The fraction of sp³-hybridized carbons (Fsp3) is 0.478. The molecule has 2 aliphatic rings. The molecule has 2 aliphatic heterocycles. The van der Waals surface area contributed by atoms with Crippen LogP contribution in [0.2, 0.25) is 0 Å². The third-order valence-electron chi connectivity index (χ3n) is 5.71. The van der Waals surface area contributed by atoms with Crippen molar-refractivity contribution in [3.05, 3.63) is 59.7 Å². The van der Waals surface area contributed by atoms with Gasteiger partial charge in [0, 0.05) is 18.5 Å². The number of aryl methyl sites for hydroxylation is 1. The maximum absolute atomic E-state index is 6.40. The van der Waals surface area contributed by atoms with Crippen molar-refractivity contribution in [3.63, 3.8) is 0 Å². The molecule has 1 saturated heterocycles. The monoisotopic (exact) mass is 351 g/mol. The van der Waals surface area contributed by atoms with Gasteiger partial charge in [-0.1, -0.05) is 43.3 Å². The van der Waals surface area contributed by atoms with Crippen LogP contribution in [0, 0.1) is 5.92 Å². The molecule has 0 radical (unpaired) electrons. The summed E-state index contributed by atoms with van der Waals surface area (Å²) < 4.78 is 12.7. The molecule has 0 bridgehead atoms. The summed E-state index contributed by atoms with van der Waals surface area (Å²) in [6.07, 6.45) is 4.83. The Labute approximate surface area is 156 Å². The van der Waals surface area contributed by atoms with Gasteiger partial charge in [-0.3, -0.25) is 0 Å². The molecule has 0 aliphatic carbocycles. The Hall–Kier alpha value is -2.00. The lowest BCUT2D eigenvalue weighted by Gasteiger charge is -2.28. The molecule has 3 heteroatoms. The molecule has 26 heavy (non-hydrogen) atoms. The summed E-state index contributed by atoms with van der Waals surface area (Å²) in [6.45, 7) is 4.56. The van der Waals surface area contributed by atoms with Gasteiger partial charge < -0.3 is 14.4 Å². The van der Waals surface area contributed by atoms with Crippen molar-refractivity contribution in [3.8, 4) is 11.5 Å². The van der Waals surface area contributed by atoms with Crippen LogP contribution in [0.25, 0.3) is 0 Å². The Morgan fingerprint density at radius 3 is 2.77 bits per heavy atom. The highest BCUT2D eigenvalue weighted by Gasteiger charge is 2.25. The second-order valence-electron chi connectivity index (χ2n) is 7.86. The minimum absolute atomic E-state index is 0.143. The number of hydrogen-bond donors (Lipinski definition) is 0. The van der Waals surface area contributed by atoms with Crippen LogP contribution in [-0.4, -0.2) is 31.1 Å². The van der Waals surface area contributed by atoms with Crippen LogP contribution in [-0.2, 0) is 6.42 Å². The number of nitrogens with zero attached hydrogens (tertiary/aromatic N) is 1. The van der Waals surface area contributed by atoms with Gasteiger partial charge >= 0.3 is 0 Å². The van der Waals surface area contributed by atoms with E-state index in [-0.39, 0.29) is 12.2 Å². The zero-order chi connectivity index (χ0) is 17.9. The Morgan fingerprint density at radius 2 is 1.92 bits per heavy atom. The lowest BCUT2D eigenvalue weighted by atomic mass is 9.97. The molecule has 4 rings (SSSR count). The smallest absolute Gasteiger partial charge is 0.127 e. The highest BCUT2D eigenvalue weighted by molar-refractivity contribution is 5.43. The van der Waals surface area contributed by atoms with E-state index in [0.717, 1.165) is 43.9 Å². The normalized spacial score (nSPS) is 26.5. The molecule has 2 aromatic carbocycles. The van der Waals surface area contributed by atoms with E-state index in [1.807, 2.05) is 0 Å². The molecule has 2 heterocycles. The molecule has 0 amide bonds. The first-order valence-corrected chi connectivity index (χ1v) is 9.89. The predicted molar refractivity (Wildman–Crippen MR) is 105 cm³/mol. The highest BCUT2D eigenvalue weighted by Crippen LogP contribution is 2.37. The largest absolute Gasteiger partial charge is 0.490 e. The predicted octanol–water partition coefficient (Wildman–Crippen LogP) is 4.86. The Kier molecular flexibility index (Phi) is 5.16. The Morgan fingerprint density at radius 1 is 1.08 bits per heavy atom. The second kappa shape index (κ2) is 7.71. The quantitative estimate of drug-likeness (QED) is 0.788. The SMILES string of the molecule is CC1CN(C)CCCC1Oc1ccc2c(c1)OC(c1ccccc1)CC2. The Balaban J connectivity index is 1.48. The molecule has 3 unspecified atom stereocenters. The number of hydrogen-bond acceptors (Lipinski definition) is 3. The molecular formula is C23H29NO2. The van der Waals surface area contributed by atoms with E-state index in [0.29, 0.717) is 5.92 Å². The highest BCUT2D eigenvalue weighted by atomic mass is 16.5. The summed E-state index contributed by atoms with van der Waals surface area (Å²) in [4.78, 5) is 2.41. The lowest BCUT2D eigenvalue weighted by molar-refractivity contribution is 0.129. The molecule has 0 N–H and O–H groups in total. The first kappa shape index (κ1) is 17.4.